The summed E-state index contributed by atoms with van der Waals surface area (Å²) in [6, 6.07) is 1.96. The lowest BCUT2D eigenvalue weighted by Gasteiger charge is -2.27. The van der Waals surface area contributed by atoms with Crippen LogP contribution in [-0.4, -0.2) is 6.36 Å². The van der Waals surface area contributed by atoms with E-state index in [0.717, 1.165) is 56.1 Å². The van der Waals surface area contributed by atoms with Gasteiger partial charge in [-0.15, -0.1) is 13.2 Å². The largest absolute Gasteiger partial charge is 0.573 e. The molecule has 2 aliphatic carbocycles. The maximum atomic E-state index is 14.0. The van der Waals surface area contributed by atoms with E-state index < -0.39 is 23.7 Å². The molecule has 0 aromatic heterocycles. The Morgan fingerprint density at radius 2 is 1.53 bits per heavy atom. The topological polar surface area (TPSA) is 9.23 Å². The summed E-state index contributed by atoms with van der Waals surface area (Å²) in [4.78, 5) is 0. The monoisotopic (exact) mass is 430 g/mol. The van der Waals surface area contributed by atoms with E-state index >= 15 is 0 Å². The van der Waals surface area contributed by atoms with Crippen LogP contribution in [0.4, 0.5) is 22.0 Å². The molecule has 3 rings (SSSR count). The molecule has 1 nitrogen and oxygen atoms in total. The zero-order chi connectivity index (χ0) is 21.7. The highest BCUT2D eigenvalue weighted by Gasteiger charge is 2.34. The molecule has 2 aliphatic rings. The van der Waals surface area contributed by atoms with Gasteiger partial charge in [0.25, 0.3) is 0 Å². The first-order chi connectivity index (χ1) is 14.2. The van der Waals surface area contributed by atoms with Gasteiger partial charge < -0.3 is 4.74 Å². The Balaban J connectivity index is 1.46. The summed E-state index contributed by atoms with van der Waals surface area (Å²) < 4.78 is 68.3. The molecule has 2 saturated carbocycles. The van der Waals surface area contributed by atoms with Crippen molar-refractivity contribution in [3.05, 3.63) is 41.5 Å². The number of ether oxygens (including phenoxy) is 1. The molecule has 30 heavy (non-hydrogen) atoms. The van der Waals surface area contributed by atoms with Gasteiger partial charge in [0, 0.05) is 0 Å². The number of hydrogen-bond donors (Lipinski definition) is 0. The highest BCUT2D eigenvalue weighted by Crippen LogP contribution is 2.39. The molecule has 0 heterocycles. The lowest BCUT2D eigenvalue weighted by molar-refractivity contribution is -0.276. The third-order valence-electron chi connectivity index (χ3n) is 6.77. The van der Waals surface area contributed by atoms with Crippen LogP contribution >= 0.6 is 0 Å². The van der Waals surface area contributed by atoms with Gasteiger partial charge in [0.05, 0.1) is 0 Å². The van der Waals surface area contributed by atoms with Gasteiger partial charge in [0.2, 0.25) is 5.75 Å². The van der Waals surface area contributed by atoms with Gasteiger partial charge in [-0.3, -0.25) is 0 Å². The van der Waals surface area contributed by atoms with Crippen LogP contribution in [-0.2, 0) is 0 Å². The Morgan fingerprint density at radius 1 is 0.933 bits per heavy atom. The molecule has 0 bridgehead atoms. The molecule has 0 atom stereocenters. The molecule has 0 amide bonds. The number of halogens is 5. The van der Waals surface area contributed by atoms with Gasteiger partial charge in [-0.1, -0.05) is 44.8 Å². The third kappa shape index (κ3) is 6.71. The molecule has 0 unspecified atom stereocenters. The normalized spacial score (nSPS) is 28.1. The lowest BCUT2D eigenvalue weighted by Crippen LogP contribution is -2.19. The van der Waals surface area contributed by atoms with Crippen molar-refractivity contribution < 1.29 is 26.7 Å². The summed E-state index contributed by atoms with van der Waals surface area (Å²) in [7, 11) is 0. The van der Waals surface area contributed by atoms with Gasteiger partial charge in [-0.25, -0.2) is 8.78 Å². The number of allylic oxidation sites excluding steroid dienone is 2. The van der Waals surface area contributed by atoms with Gasteiger partial charge in [-0.05, 0) is 79.9 Å². The van der Waals surface area contributed by atoms with E-state index in [1.54, 1.807) is 0 Å². The van der Waals surface area contributed by atoms with Gasteiger partial charge in [0.15, 0.2) is 11.6 Å². The number of hydrogen-bond acceptors (Lipinski definition) is 1. The van der Waals surface area contributed by atoms with Crippen LogP contribution in [0.25, 0.3) is 0 Å². The minimum atomic E-state index is -5.12. The van der Waals surface area contributed by atoms with Crippen molar-refractivity contribution in [2.45, 2.75) is 83.4 Å². The Bertz CT molecular complexity index is 688. The van der Waals surface area contributed by atoms with Crippen molar-refractivity contribution in [2.75, 3.05) is 0 Å². The molecule has 0 aliphatic heterocycles. The molecule has 0 radical (unpaired) electrons. The first-order valence-electron chi connectivity index (χ1n) is 11.1. The van der Waals surface area contributed by atoms with Crippen molar-refractivity contribution in [1.29, 1.82) is 0 Å². The van der Waals surface area contributed by atoms with Crippen molar-refractivity contribution in [2.24, 2.45) is 17.8 Å². The van der Waals surface area contributed by atoms with E-state index in [2.05, 4.69) is 23.8 Å². The third-order valence-corrected chi connectivity index (χ3v) is 6.77. The zero-order valence-electron chi connectivity index (χ0n) is 17.5. The van der Waals surface area contributed by atoms with E-state index in [0.29, 0.717) is 11.5 Å². The second-order valence-electron chi connectivity index (χ2n) is 9.10. The van der Waals surface area contributed by atoms with Crippen LogP contribution in [0.2, 0.25) is 0 Å². The van der Waals surface area contributed by atoms with Gasteiger partial charge >= 0.3 is 6.36 Å². The van der Waals surface area contributed by atoms with E-state index in [-0.39, 0.29) is 5.92 Å². The minimum Gasteiger partial charge on any atom is -0.399 e. The first-order valence-corrected chi connectivity index (χ1v) is 11.1. The minimum absolute atomic E-state index is 0.0391. The highest BCUT2D eigenvalue weighted by atomic mass is 19.4. The molecule has 0 saturated heterocycles. The predicted molar refractivity (Wildman–Crippen MR) is 107 cm³/mol. The molecule has 0 spiro atoms. The van der Waals surface area contributed by atoms with Crippen molar-refractivity contribution in [3.8, 4) is 5.75 Å². The highest BCUT2D eigenvalue weighted by molar-refractivity contribution is 5.33. The summed E-state index contributed by atoms with van der Waals surface area (Å²) >= 11 is 0. The first kappa shape index (κ1) is 23.1. The van der Waals surface area contributed by atoms with Crippen LogP contribution in [0.15, 0.2) is 24.3 Å². The second-order valence-corrected chi connectivity index (χ2v) is 9.10. The smallest absolute Gasteiger partial charge is 0.399 e. The molecule has 1 aromatic rings. The molecule has 6 heteroatoms. The van der Waals surface area contributed by atoms with Crippen LogP contribution < -0.4 is 4.74 Å². The Hall–Kier alpha value is -1.59. The van der Waals surface area contributed by atoms with Crippen LogP contribution in [0.1, 0.15) is 82.6 Å². The average Bonchev–Trinajstić information content (AvgIpc) is 2.69. The van der Waals surface area contributed by atoms with Crippen molar-refractivity contribution >= 4 is 0 Å². The standard InChI is InChI=1S/C24H31F5O/c1-16-6-8-17(9-7-16)4-2-3-5-18-10-12-19(13-11-18)20-14-21(25)23(22(26)15-20)30-24(27,28)29/h3,5,14-19H,2,4,6-13H2,1H3/b5-3+. The number of benzene rings is 1. The fourth-order valence-corrected chi connectivity index (χ4v) is 4.91. The Morgan fingerprint density at radius 3 is 2.10 bits per heavy atom. The fraction of sp³-hybridized carbons (Fsp3) is 0.667. The van der Waals surface area contributed by atoms with Crippen LogP contribution in [0.3, 0.4) is 0 Å². The average molecular weight is 431 g/mol. The maximum Gasteiger partial charge on any atom is 0.573 e. The van der Waals surface area contributed by atoms with Crippen LogP contribution in [0.5, 0.6) is 5.75 Å². The molecule has 2 fully saturated rings. The van der Waals surface area contributed by atoms with E-state index in [1.165, 1.54) is 32.1 Å². The van der Waals surface area contributed by atoms with E-state index in [1.807, 2.05) is 0 Å². The van der Waals surface area contributed by atoms with Crippen LogP contribution in [0, 0.1) is 29.4 Å². The van der Waals surface area contributed by atoms with Crippen molar-refractivity contribution in [3.63, 3.8) is 0 Å². The van der Waals surface area contributed by atoms with Gasteiger partial charge in [-0.2, -0.15) is 0 Å². The molecule has 0 N–H and O–H groups in total. The Kier molecular flexibility index (Phi) is 7.81. The molecule has 1 aromatic carbocycles. The molecular weight excluding hydrogens is 399 g/mol. The van der Waals surface area contributed by atoms with Crippen molar-refractivity contribution in [1.82, 2.24) is 0 Å². The summed E-state index contributed by atoms with van der Waals surface area (Å²) in [5.41, 5.74) is 0.411. The summed E-state index contributed by atoms with van der Waals surface area (Å²) in [5, 5.41) is 0. The Labute approximate surface area is 175 Å². The second kappa shape index (κ2) is 10.1. The predicted octanol–water partition coefficient (Wildman–Crippen LogP) is 8.30. The fourth-order valence-electron chi connectivity index (χ4n) is 4.91. The zero-order valence-corrected chi connectivity index (χ0v) is 17.5. The number of rotatable bonds is 6. The summed E-state index contributed by atoms with van der Waals surface area (Å²) in [6.45, 7) is 2.33. The lowest BCUT2D eigenvalue weighted by atomic mass is 9.78. The van der Waals surface area contributed by atoms with E-state index in [9.17, 15) is 22.0 Å². The number of alkyl halides is 3. The SMILES string of the molecule is CC1CCC(CC/C=C/C2CCC(c3cc(F)c(OC(F)(F)F)c(F)c3)CC2)CC1. The summed E-state index contributed by atoms with van der Waals surface area (Å²) in [6.07, 6.45) is 10.6. The maximum absolute atomic E-state index is 14.0. The molecule has 168 valence electrons. The quantitative estimate of drug-likeness (QED) is 0.326. The molecular formula is C24H31F5O. The summed E-state index contributed by atoms with van der Waals surface area (Å²) in [5.74, 6) is -1.82. The van der Waals surface area contributed by atoms with Gasteiger partial charge in [0.1, 0.15) is 0 Å². The van der Waals surface area contributed by atoms with E-state index in [4.69, 9.17) is 0 Å².